The fraction of sp³-hybridized carbons (Fsp3) is 0.250. The average Bonchev–Trinajstić information content (AvgIpc) is 3.01. The van der Waals surface area contributed by atoms with Gasteiger partial charge in [-0.2, -0.15) is 0 Å². The SMILES string of the molecule is COC(=O)/C(C)=C/c1ccc2c(c1)C(CI)(c1ccccc1)CO2. The first-order valence-corrected chi connectivity index (χ1v) is 9.29. The van der Waals surface area contributed by atoms with Crippen molar-refractivity contribution in [3.8, 4) is 5.75 Å². The van der Waals surface area contributed by atoms with Crippen LogP contribution in [0.1, 0.15) is 23.6 Å². The molecule has 0 saturated carbocycles. The van der Waals surface area contributed by atoms with Crippen molar-refractivity contribution in [1.82, 2.24) is 0 Å². The molecule has 3 rings (SSSR count). The third-order valence-corrected chi connectivity index (χ3v) is 5.74. The van der Waals surface area contributed by atoms with Crippen LogP contribution in [0.5, 0.6) is 5.75 Å². The molecule has 3 nitrogen and oxygen atoms in total. The molecule has 0 saturated heterocycles. The molecule has 0 bridgehead atoms. The fourth-order valence-electron chi connectivity index (χ4n) is 3.07. The predicted octanol–water partition coefficient (Wildman–Crippen LogP) is 4.38. The normalized spacial score (nSPS) is 19.5. The number of hydrogen-bond acceptors (Lipinski definition) is 3. The summed E-state index contributed by atoms with van der Waals surface area (Å²) in [5, 5.41) is 0. The Morgan fingerprint density at radius 2 is 2.04 bits per heavy atom. The van der Waals surface area contributed by atoms with Crippen LogP contribution in [0.15, 0.2) is 54.1 Å². The van der Waals surface area contributed by atoms with E-state index in [1.165, 1.54) is 18.2 Å². The van der Waals surface area contributed by atoms with Crippen LogP contribution in [0.25, 0.3) is 6.08 Å². The Morgan fingerprint density at radius 1 is 1.29 bits per heavy atom. The van der Waals surface area contributed by atoms with Gasteiger partial charge in [0.2, 0.25) is 0 Å². The van der Waals surface area contributed by atoms with Crippen LogP contribution in [-0.2, 0) is 14.9 Å². The van der Waals surface area contributed by atoms with Crippen molar-refractivity contribution < 1.29 is 14.3 Å². The van der Waals surface area contributed by atoms with E-state index in [0.29, 0.717) is 12.2 Å². The molecule has 124 valence electrons. The Kier molecular flexibility index (Phi) is 4.94. The molecule has 1 atom stereocenters. The van der Waals surface area contributed by atoms with Gasteiger partial charge >= 0.3 is 5.97 Å². The van der Waals surface area contributed by atoms with Crippen molar-refractivity contribution in [2.75, 3.05) is 18.1 Å². The van der Waals surface area contributed by atoms with Gasteiger partial charge in [0.15, 0.2) is 0 Å². The van der Waals surface area contributed by atoms with Crippen LogP contribution >= 0.6 is 22.6 Å². The summed E-state index contributed by atoms with van der Waals surface area (Å²) in [5.74, 6) is 0.610. The second kappa shape index (κ2) is 6.97. The molecule has 0 spiro atoms. The van der Waals surface area contributed by atoms with Crippen LogP contribution in [0.3, 0.4) is 0 Å². The Hall–Kier alpha value is -1.82. The second-order valence-corrected chi connectivity index (χ2v) is 6.71. The van der Waals surface area contributed by atoms with Crippen molar-refractivity contribution in [3.63, 3.8) is 0 Å². The van der Waals surface area contributed by atoms with Crippen LogP contribution in [0, 0.1) is 0 Å². The molecule has 4 heteroatoms. The number of rotatable bonds is 4. The molecule has 24 heavy (non-hydrogen) atoms. The molecule has 0 amide bonds. The van der Waals surface area contributed by atoms with E-state index in [0.717, 1.165) is 15.7 Å². The fourth-order valence-corrected chi connectivity index (χ4v) is 4.14. The highest BCUT2D eigenvalue weighted by Gasteiger charge is 2.41. The van der Waals surface area contributed by atoms with Crippen molar-refractivity contribution in [2.24, 2.45) is 0 Å². The highest BCUT2D eigenvalue weighted by atomic mass is 127. The Labute approximate surface area is 155 Å². The predicted molar refractivity (Wildman–Crippen MR) is 104 cm³/mol. The van der Waals surface area contributed by atoms with Crippen molar-refractivity contribution in [2.45, 2.75) is 12.3 Å². The third kappa shape index (κ3) is 2.95. The zero-order chi connectivity index (χ0) is 17.2. The van der Waals surface area contributed by atoms with Crippen LogP contribution in [0.4, 0.5) is 0 Å². The van der Waals surface area contributed by atoms with E-state index in [4.69, 9.17) is 9.47 Å². The van der Waals surface area contributed by atoms with Crippen LogP contribution in [0.2, 0.25) is 0 Å². The summed E-state index contributed by atoms with van der Waals surface area (Å²) in [4.78, 5) is 11.6. The molecule has 1 unspecified atom stereocenters. The summed E-state index contributed by atoms with van der Waals surface area (Å²) in [5.41, 5.74) is 3.84. The van der Waals surface area contributed by atoms with E-state index in [-0.39, 0.29) is 11.4 Å². The zero-order valence-corrected chi connectivity index (χ0v) is 15.9. The lowest BCUT2D eigenvalue weighted by molar-refractivity contribution is -0.135. The number of fused-ring (bicyclic) bond motifs is 1. The molecule has 1 heterocycles. The van der Waals surface area contributed by atoms with Crippen molar-refractivity contribution in [1.29, 1.82) is 0 Å². The summed E-state index contributed by atoms with van der Waals surface area (Å²) in [6, 6.07) is 16.5. The molecule has 2 aromatic rings. The summed E-state index contributed by atoms with van der Waals surface area (Å²) < 4.78 is 11.7. The lowest BCUT2D eigenvalue weighted by atomic mass is 9.77. The van der Waals surface area contributed by atoms with E-state index in [1.54, 1.807) is 6.92 Å². The monoisotopic (exact) mass is 434 g/mol. The Bertz CT molecular complexity index is 783. The second-order valence-electron chi connectivity index (χ2n) is 5.94. The zero-order valence-electron chi connectivity index (χ0n) is 13.7. The Balaban J connectivity index is 2.07. The molecule has 1 aliphatic rings. The van der Waals surface area contributed by atoms with Gasteiger partial charge in [0.05, 0.1) is 12.5 Å². The average molecular weight is 434 g/mol. The van der Waals surface area contributed by atoms with Crippen molar-refractivity contribution >= 4 is 34.6 Å². The minimum absolute atomic E-state index is 0.153. The van der Waals surface area contributed by atoms with E-state index in [9.17, 15) is 4.79 Å². The molecule has 0 N–H and O–H groups in total. The van der Waals surface area contributed by atoms with Gasteiger partial charge in [-0.25, -0.2) is 4.79 Å². The molecule has 0 aromatic heterocycles. The molecule has 2 aromatic carbocycles. The van der Waals surface area contributed by atoms with Gasteiger partial charge in [-0.05, 0) is 36.3 Å². The first-order chi connectivity index (χ1) is 11.6. The van der Waals surface area contributed by atoms with Gasteiger partial charge in [0.25, 0.3) is 0 Å². The summed E-state index contributed by atoms with van der Waals surface area (Å²) >= 11 is 2.43. The maximum atomic E-state index is 11.6. The minimum atomic E-state index is -0.310. The van der Waals surface area contributed by atoms with Gasteiger partial charge in [-0.3, -0.25) is 0 Å². The van der Waals surface area contributed by atoms with Crippen molar-refractivity contribution in [3.05, 3.63) is 70.8 Å². The molecular weight excluding hydrogens is 415 g/mol. The van der Waals surface area contributed by atoms with Gasteiger partial charge in [0, 0.05) is 15.6 Å². The number of carbonyl (C=O) groups is 1. The molecule has 0 fully saturated rings. The van der Waals surface area contributed by atoms with Crippen LogP contribution < -0.4 is 4.74 Å². The van der Waals surface area contributed by atoms with Crippen LogP contribution in [-0.4, -0.2) is 24.1 Å². The number of methoxy groups -OCH3 is 1. The number of carbonyl (C=O) groups excluding carboxylic acids is 1. The maximum Gasteiger partial charge on any atom is 0.333 e. The summed E-state index contributed by atoms with van der Waals surface area (Å²) in [7, 11) is 1.40. The molecule has 1 aliphatic heterocycles. The minimum Gasteiger partial charge on any atom is -0.492 e. The molecule has 0 radical (unpaired) electrons. The molecule has 0 aliphatic carbocycles. The lowest BCUT2D eigenvalue weighted by Crippen LogP contribution is -2.31. The van der Waals surface area contributed by atoms with Gasteiger partial charge in [0.1, 0.15) is 12.4 Å². The first-order valence-electron chi connectivity index (χ1n) is 7.76. The number of benzene rings is 2. The number of esters is 1. The smallest absolute Gasteiger partial charge is 0.333 e. The topological polar surface area (TPSA) is 35.5 Å². The Morgan fingerprint density at radius 3 is 2.71 bits per heavy atom. The summed E-state index contributed by atoms with van der Waals surface area (Å²) in [6.45, 7) is 2.40. The van der Waals surface area contributed by atoms with Gasteiger partial charge in [-0.1, -0.05) is 59.0 Å². The van der Waals surface area contributed by atoms with E-state index in [2.05, 4.69) is 52.9 Å². The maximum absolute atomic E-state index is 11.6. The third-order valence-electron chi connectivity index (χ3n) is 4.44. The largest absolute Gasteiger partial charge is 0.492 e. The number of ether oxygens (including phenoxy) is 2. The lowest BCUT2D eigenvalue weighted by Gasteiger charge is -2.26. The number of halogens is 1. The van der Waals surface area contributed by atoms with Gasteiger partial charge in [-0.15, -0.1) is 0 Å². The van der Waals surface area contributed by atoms with E-state index in [1.807, 2.05) is 24.3 Å². The summed E-state index contributed by atoms with van der Waals surface area (Å²) in [6.07, 6.45) is 1.85. The quantitative estimate of drug-likeness (QED) is 0.310. The number of hydrogen-bond donors (Lipinski definition) is 0. The standard InChI is InChI=1S/C20H19IO3/c1-14(19(22)23-2)10-15-8-9-18-17(11-15)20(12-21,13-24-18)16-6-4-3-5-7-16/h3-11H,12-13H2,1-2H3/b14-10+. The first kappa shape index (κ1) is 17.0. The highest BCUT2D eigenvalue weighted by molar-refractivity contribution is 14.1. The highest BCUT2D eigenvalue weighted by Crippen LogP contribution is 2.45. The number of alkyl halides is 1. The van der Waals surface area contributed by atoms with E-state index >= 15 is 0 Å². The molecular formula is C20H19IO3. The van der Waals surface area contributed by atoms with E-state index < -0.39 is 0 Å². The van der Waals surface area contributed by atoms with Gasteiger partial charge < -0.3 is 9.47 Å².